The maximum atomic E-state index is 11.9. The highest BCUT2D eigenvalue weighted by Gasteiger charge is 2.12. The van der Waals surface area contributed by atoms with E-state index in [2.05, 4.69) is 12.2 Å². The Morgan fingerprint density at radius 2 is 1.95 bits per heavy atom. The quantitative estimate of drug-likeness (QED) is 0.877. The van der Waals surface area contributed by atoms with Gasteiger partial charge in [-0.15, -0.1) is 0 Å². The van der Waals surface area contributed by atoms with Gasteiger partial charge in [-0.3, -0.25) is 9.59 Å². The SMILES string of the molecule is CCCCN(C)C(=O)CNC(=O)c1ccc(Cl)c(Cl)c1. The molecule has 1 aromatic rings. The van der Waals surface area contributed by atoms with Crippen molar-refractivity contribution in [2.24, 2.45) is 0 Å². The van der Waals surface area contributed by atoms with E-state index in [1.807, 2.05) is 0 Å². The maximum absolute atomic E-state index is 11.9. The molecule has 0 atom stereocenters. The molecule has 20 heavy (non-hydrogen) atoms. The average Bonchev–Trinajstić information content (AvgIpc) is 2.44. The highest BCUT2D eigenvalue weighted by Crippen LogP contribution is 2.22. The summed E-state index contributed by atoms with van der Waals surface area (Å²) in [6.45, 7) is 2.72. The van der Waals surface area contributed by atoms with E-state index < -0.39 is 0 Å². The Balaban J connectivity index is 2.50. The van der Waals surface area contributed by atoms with Gasteiger partial charge < -0.3 is 10.2 Å². The Labute approximate surface area is 129 Å². The van der Waals surface area contributed by atoms with Gasteiger partial charge in [0, 0.05) is 19.2 Å². The van der Waals surface area contributed by atoms with E-state index >= 15 is 0 Å². The molecule has 0 aliphatic rings. The molecule has 0 saturated carbocycles. The minimum Gasteiger partial charge on any atom is -0.344 e. The molecule has 1 aromatic carbocycles. The van der Waals surface area contributed by atoms with Gasteiger partial charge in [0.1, 0.15) is 0 Å². The number of hydrogen-bond acceptors (Lipinski definition) is 2. The number of nitrogens with one attached hydrogen (secondary N) is 1. The lowest BCUT2D eigenvalue weighted by Gasteiger charge is -2.17. The topological polar surface area (TPSA) is 49.4 Å². The lowest BCUT2D eigenvalue weighted by molar-refractivity contribution is -0.128. The highest BCUT2D eigenvalue weighted by molar-refractivity contribution is 6.42. The Morgan fingerprint density at radius 1 is 1.25 bits per heavy atom. The minimum absolute atomic E-state index is 0.0285. The zero-order valence-electron chi connectivity index (χ0n) is 11.6. The third kappa shape index (κ3) is 5.02. The van der Waals surface area contributed by atoms with Crippen LogP contribution in [0.25, 0.3) is 0 Å². The van der Waals surface area contributed by atoms with Crippen LogP contribution in [-0.4, -0.2) is 36.9 Å². The summed E-state index contributed by atoms with van der Waals surface area (Å²) in [5, 5.41) is 3.27. The van der Waals surface area contributed by atoms with Crippen LogP contribution >= 0.6 is 23.2 Å². The van der Waals surface area contributed by atoms with Crippen LogP contribution in [0.2, 0.25) is 10.0 Å². The van der Waals surface area contributed by atoms with E-state index in [9.17, 15) is 9.59 Å². The van der Waals surface area contributed by atoms with Gasteiger partial charge in [0.25, 0.3) is 5.91 Å². The number of carbonyl (C=O) groups excluding carboxylic acids is 2. The summed E-state index contributed by atoms with van der Waals surface area (Å²) in [6, 6.07) is 4.59. The first-order valence-electron chi connectivity index (χ1n) is 6.43. The first kappa shape index (κ1) is 16.8. The predicted octanol–water partition coefficient (Wildman–Crippen LogP) is 2.98. The number of unbranched alkanes of at least 4 members (excludes halogenated alkanes) is 1. The van der Waals surface area contributed by atoms with Crippen molar-refractivity contribution < 1.29 is 9.59 Å². The third-order valence-electron chi connectivity index (χ3n) is 2.85. The van der Waals surface area contributed by atoms with E-state index in [4.69, 9.17) is 23.2 Å². The maximum Gasteiger partial charge on any atom is 0.251 e. The average molecular weight is 317 g/mol. The lowest BCUT2D eigenvalue weighted by atomic mass is 10.2. The Morgan fingerprint density at radius 3 is 2.55 bits per heavy atom. The van der Waals surface area contributed by atoms with E-state index in [-0.39, 0.29) is 18.4 Å². The number of halogens is 2. The van der Waals surface area contributed by atoms with Crippen LogP contribution in [0, 0.1) is 0 Å². The molecule has 0 bridgehead atoms. The zero-order valence-corrected chi connectivity index (χ0v) is 13.1. The van der Waals surface area contributed by atoms with Crippen molar-refractivity contribution in [1.82, 2.24) is 10.2 Å². The number of rotatable bonds is 6. The van der Waals surface area contributed by atoms with E-state index in [1.165, 1.54) is 6.07 Å². The molecule has 0 fully saturated rings. The van der Waals surface area contributed by atoms with Crippen molar-refractivity contribution in [3.8, 4) is 0 Å². The summed E-state index contributed by atoms with van der Waals surface area (Å²) in [5.74, 6) is -0.465. The van der Waals surface area contributed by atoms with Crippen molar-refractivity contribution in [2.75, 3.05) is 20.1 Å². The summed E-state index contributed by atoms with van der Waals surface area (Å²) in [4.78, 5) is 25.2. The molecule has 4 nitrogen and oxygen atoms in total. The summed E-state index contributed by atoms with van der Waals surface area (Å²) in [7, 11) is 1.73. The van der Waals surface area contributed by atoms with Gasteiger partial charge >= 0.3 is 0 Å². The standard InChI is InChI=1S/C14H18Cl2N2O2/c1-3-4-7-18(2)13(19)9-17-14(20)10-5-6-11(15)12(16)8-10/h5-6,8H,3-4,7,9H2,1-2H3,(H,17,20). The van der Waals surface area contributed by atoms with Gasteiger partial charge in [0.05, 0.1) is 16.6 Å². The molecular weight excluding hydrogens is 299 g/mol. The molecule has 110 valence electrons. The third-order valence-corrected chi connectivity index (χ3v) is 3.59. The normalized spacial score (nSPS) is 10.2. The molecule has 0 aliphatic heterocycles. The fraction of sp³-hybridized carbons (Fsp3) is 0.429. The molecule has 6 heteroatoms. The monoisotopic (exact) mass is 316 g/mol. The second-order valence-corrected chi connectivity index (χ2v) is 5.29. The number of benzene rings is 1. The van der Waals surface area contributed by atoms with Crippen molar-refractivity contribution in [1.29, 1.82) is 0 Å². The van der Waals surface area contributed by atoms with Gasteiger partial charge in [0.15, 0.2) is 0 Å². The molecule has 0 aliphatic carbocycles. The predicted molar refractivity (Wildman–Crippen MR) is 81.3 cm³/mol. The van der Waals surface area contributed by atoms with Gasteiger partial charge in [-0.2, -0.15) is 0 Å². The van der Waals surface area contributed by atoms with Crippen LogP contribution in [0.4, 0.5) is 0 Å². The number of nitrogens with zero attached hydrogens (tertiary/aromatic N) is 1. The zero-order chi connectivity index (χ0) is 15.1. The van der Waals surface area contributed by atoms with Crippen LogP contribution in [0.1, 0.15) is 30.1 Å². The fourth-order valence-electron chi connectivity index (χ4n) is 1.55. The van der Waals surface area contributed by atoms with Crippen molar-refractivity contribution in [3.63, 3.8) is 0 Å². The summed E-state index contributed by atoms with van der Waals surface area (Å²) in [5.41, 5.74) is 0.378. The summed E-state index contributed by atoms with van der Waals surface area (Å²) in [6.07, 6.45) is 1.97. The highest BCUT2D eigenvalue weighted by atomic mass is 35.5. The summed E-state index contributed by atoms with van der Waals surface area (Å²) >= 11 is 11.6. The van der Waals surface area contributed by atoms with Crippen LogP contribution < -0.4 is 5.32 Å². The number of carbonyl (C=O) groups is 2. The largest absolute Gasteiger partial charge is 0.344 e. The van der Waals surface area contributed by atoms with E-state index in [0.717, 1.165) is 12.8 Å². The summed E-state index contributed by atoms with van der Waals surface area (Å²) < 4.78 is 0. The van der Waals surface area contributed by atoms with Crippen LogP contribution in [0.15, 0.2) is 18.2 Å². The molecule has 1 N–H and O–H groups in total. The number of hydrogen-bond donors (Lipinski definition) is 1. The van der Waals surface area contributed by atoms with Crippen molar-refractivity contribution >= 4 is 35.0 Å². The lowest BCUT2D eigenvalue weighted by Crippen LogP contribution is -2.38. The Bertz CT molecular complexity index is 492. The second kappa shape index (κ2) is 8.12. The van der Waals surface area contributed by atoms with Gasteiger partial charge in [0.2, 0.25) is 5.91 Å². The molecule has 0 spiro atoms. The molecule has 0 saturated heterocycles. The molecule has 0 radical (unpaired) electrons. The van der Waals surface area contributed by atoms with Gasteiger partial charge in [-0.25, -0.2) is 0 Å². The van der Waals surface area contributed by atoms with Gasteiger partial charge in [-0.1, -0.05) is 36.5 Å². The number of likely N-dealkylation sites (N-methyl/N-ethyl adjacent to an activating group) is 1. The van der Waals surface area contributed by atoms with E-state index in [0.29, 0.717) is 22.2 Å². The first-order valence-corrected chi connectivity index (χ1v) is 7.18. The molecular formula is C14H18Cl2N2O2. The molecule has 0 aromatic heterocycles. The van der Waals surface area contributed by atoms with Crippen LogP contribution in [-0.2, 0) is 4.79 Å². The Kier molecular flexibility index (Phi) is 6.82. The van der Waals surface area contributed by atoms with E-state index in [1.54, 1.807) is 24.1 Å². The molecule has 2 amide bonds. The molecule has 0 heterocycles. The second-order valence-electron chi connectivity index (χ2n) is 4.48. The minimum atomic E-state index is -0.346. The van der Waals surface area contributed by atoms with Crippen molar-refractivity contribution in [3.05, 3.63) is 33.8 Å². The van der Waals surface area contributed by atoms with Crippen molar-refractivity contribution in [2.45, 2.75) is 19.8 Å². The van der Waals surface area contributed by atoms with Crippen LogP contribution in [0.5, 0.6) is 0 Å². The molecule has 1 rings (SSSR count). The number of amides is 2. The van der Waals surface area contributed by atoms with Gasteiger partial charge in [-0.05, 0) is 24.6 Å². The van der Waals surface area contributed by atoms with Crippen LogP contribution in [0.3, 0.4) is 0 Å². The Hall–Kier alpha value is -1.26. The fourth-order valence-corrected chi connectivity index (χ4v) is 1.85. The first-order chi connectivity index (χ1) is 9.45. The molecule has 0 unspecified atom stereocenters. The smallest absolute Gasteiger partial charge is 0.251 e.